The van der Waals surface area contributed by atoms with Crippen LogP contribution in [0.5, 0.6) is 0 Å². The van der Waals surface area contributed by atoms with Gasteiger partial charge in [0.15, 0.2) is 0 Å². The smallest absolute Gasteiger partial charge is 0.137 e. The largest absolute Gasteiger partial charge is 0.456 e. The molecule has 0 aliphatic carbocycles. The fourth-order valence-corrected chi connectivity index (χ4v) is 6.08. The molecule has 2 heteroatoms. The molecule has 0 bridgehead atoms. The first-order chi connectivity index (χ1) is 20.8. The Balaban J connectivity index is 1.28. The van der Waals surface area contributed by atoms with Crippen molar-refractivity contribution in [3.8, 4) is 22.5 Å². The molecule has 0 aliphatic heterocycles. The molecule has 2 nitrogen and oxygen atoms in total. The van der Waals surface area contributed by atoms with E-state index in [1.165, 1.54) is 32.7 Å². The Labute approximate surface area is 244 Å². The summed E-state index contributed by atoms with van der Waals surface area (Å²) in [5.74, 6) is 0.854. The Morgan fingerprint density at radius 2 is 1.02 bits per heavy atom. The van der Waals surface area contributed by atoms with Gasteiger partial charge in [-0.3, -0.25) is 0 Å². The van der Waals surface area contributed by atoms with Gasteiger partial charge in [-0.2, -0.15) is 0 Å². The van der Waals surface area contributed by atoms with Crippen LogP contribution in [0.15, 0.2) is 168 Å². The number of hydrogen-bond acceptors (Lipinski definition) is 2. The Hall–Kier alpha value is -5.60. The number of hydrogen-bond donors (Lipinski definition) is 0. The number of nitrogens with zero attached hydrogens (tertiary/aromatic N) is 1. The van der Waals surface area contributed by atoms with Crippen LogP contribution < -0.4 is 4.90 Å². The number of rotatable bonds is 5. The minimum absolute atomic E-state index is 0.854. The van der Waals surface area contributed by atoms with Crippen LogP contribution in [0.3, 0.4) is 0 Å². The van der Waals surface area contributed by atoms with E-state index in [4.69, 9.17) is 4.42 Å². The summed E-state index contributed by atoms with van der Waals surface area (Å²) in [5.41, 5.74) is 7.60. The lowest BCUT2D eigenvalue weighted by Crippen LogP contribution is -2.10. The monoisotopic (exact) mass is 537 g/mol. The van der Waals surface area contributed by atoms with Gasteiger partial charge in [-0.05, 0) is 87.3 Å². The predicted molar refractivity (Wildman–Crippen MR) is 177 cm³/mol. The van der Waals surface area contributed by atoms with Crippen molar-refractivity contribution in [1.29, 1.82) is 0 Å². The standard InChI is InChI=1S/C40H27NO/c1-2-14-31(15-3-1)41(38-20-10-9-19-36(38)40-27-30-13-5-11-21-39(30)42-40)32-24-22-28(23-25-32)37-26-29-12-4-6-16-33(29)34-17-7-8-18-35(34)37/h1-27H. The third-order valence-corrected chi connectivity index (χ3v) is 8.05. The fourth-order valence-electron chi connectivity index (χ4n) is 6.08. The zero-order valence-corrected chi connectivity index (χ0v) is 22.9. The quantitative estimate of drug-likeness (QED) is 0.203. The van der Waals surface area contributed by atoms with E-state index in [1.54, 1.807) is 0 Å². The molecule has 8 rings (SSSR count). The molecular formula is C40H27NO. The van der Waals surface area contributed by atoms with Crippen molar-refractivity contribution in [1.82, 2.24) is 0 Å². The highest BCUT2D eigenvalue weighted by molar-refractivity contribution is 6.13. The highest BCUT2D eigenvalue weighted by Gasteiger charge is 2.19. The van der Waals surface area contributed by atoms with Crippen LogP contribution in [0.1, 0.15) is 0 Å². The van der Waals surface area contributed by atoms with E-state index in [0.29, 0.717) is 0 Å². The number of fused-ring (bicyclic) bond motifs is 4. The molecule has 0 atom stereocenters. The Morgan fingerprint density at radius 1 is 0.405 bits per heavy atom. The molecule has 7 aromatic carbocycles. The number of furan rings is 1. The van der Waals surface area contributed by atoms with Gasteiger partial charge in [0.25, 0.3) is 0 Å². The Kier molecular flexibility index (Phi) is 5.82. The maximum atomic E-state index is 6.34. The first-order valence-corrected chi connectivity index (χ1v) is 14.3. The molecule has 198 valence electrons. The zero-order chi connectivity index (χ0) is 27.9. The minimum Gasteiger partial charge on any atom is -0.456 e. The van der Waals surface area contributed by atoms with Crippen molar-refractivity contribution in [3.05, 3.63) is 164 Å². The number of anilines is 3. The highest BCUT2D eigenvalue weighted by atomic mass is 16.3. The second-order valence-electron chi connectivity index (χ2n) is 10.6. The minimum atomic E-state index is 0.854. The summed E-state index contributed by atoms with van der Waals surface area (Å²) in [7, 11) is 0. The molecule has 0 radical (unpaired) electrons. The van der Waals surface area contributed by atoms with Crippen molar-refractivity contribution in [3.63, 3.8) is 0 Å². The third kappa shape index (κ3) is 4.13. The predicted octanol–water partition coefficient (Wildman–Crippen LogP) is 11.5. The highest BCUT2D eigenvalue weighted by Crippen LogP contribution is 2.43. The van der Waals surface area contributed by atoms with Crippen LogP contribution in [0, 0.1) is 0 Å². The van der Waals surface area contributed by atoms with Gasteiger partial charge in [0.2, 0.25) is 0 Å². The van der Waals surface area contributed by atoms with Crippen LogP contribution in [0.4, 0.5) is 17.1 Å². The lowest BCUT2D eigenvalue weighted by molar-refractivity contribution is 0.631. The average molecular weight is 538 g/mol. The topological polar surface area (TPSA) is 16.4 Å². The first-order valence-electron chi connectivity index (χ1n) is 14.3. The number of para-hydroxylation sites is 3. The SMILES string of the molecule is c1ccc(N(c2ccc(-c3cc4ccccc4c4ccccc34)cc2)c2ccccc2-c2cc3ccccc3o2)cc1. The Morgan fingerprint density at radius 3 is 1.83 bits per heavy atom. The lowest BCUT2D eigenvalue weighted by Gasteiger charge is -2.27. The van der Waals surface area contributed by atoms with Gasteiger partial charge in [-0.25, -0.2) is 0 Å². The van der Waals surface area contributed by atoms with Crippen LogP contribution in [0.2, 0.25) is 0 Å². The van der Waals surface area contributed by atoms with Crippen molar-refractivity contribution >= 4 is 49.6 Å². The van der Waals surface area contributed by atoms with Crippen molar-refractivity contribution in [2.24, 2.45) is 0 Å². The van der Waals surface area contributed by atoms with Crippen LogP contribution in [-0.4, -0.2) is 0 Å². The molecule has 0 fully saturated rings. The van der Waals surface area contributed by atoms with E-state index in [9.17, 15) is 0 Å². The average Bonchev–Trinajstić information content (AvgIpc) is 3.50. The fraction of sp³-hybridized carbons (Fsp3) is 0. The van der Waals surface area contributed by atoms with Crippen LogP contribution in [-0.2, 0) is 0 Å². The van der Waals surface area contributed by atoms with Gasteiger partial charge in [-0.1, -0.05) is 109 Å². The molecule has 0 saturated heterocycles. The summed E-state index contributed by atoms with van der Waals surface area (Å²) in [6.45, 7) is 0. The van der Waals surface area contributed by atoms with Crippen molar-refractivity contribution in [2.75, 3.05) is 4.90 Å². The summed E-state index contributed by atoms with van der Waals surface area (Å²) < 4.78 is 6.34. The van der Waals surface area contributed by atoms with Gasteiger partial charge in [0.05, 0.1) is 5.69 Å². The molecule has 0 spiro atoms. The van der Waals surface area contributed by atoms with Crippen LogP contribution in [0.25, 0.3) is 55.0 Å². The molecule has 0 N–H and O–H groups in total. The summed E-state index contributed by atoms with van der Waals surface area (Å²) in [5, 5.41) is 6.17. The Bertz CT molecular complexity index is 2160. The van der Waals surface area contributed by atoms with Gasteiger partial charge < -0.3 is 9.32 Å². The molecule has 1 heterocycles. The molecule has 0 aliphatic rings. The van der Waals surface area contributed by atoms with Gasteiger partial charge in [0.1, 0.15) is 11.3 Å². The maximum absolute atomic E-state index is 6.34. The van der Waals surface area contributed by atoms with Gasteiger partial charge in [-0.15, -0.1) is 0 Å². The number of benzene rings is 7. The molecular weight excluding hydrogens is 510 g/mol. The molecule has 42 heavy (non-hydrogen) atoms. The molecule has 0 unspecified atom stereocenters. The van der Waals surface area contributed by atoms with Gasteiger partial charge >= 0.3 is 0 Å². The summed E-state index contributed by atoms with van der Waals surface area (Å²) >= 11 is 0. The summed E-state index contributed by atoms with van der Waals surface area (Å²) in [4.78, 5) is 2.31. The maximum Gasteiger partial charge on any atom is 0.137 e. The van der Waals surface area contributed by atoms with E-state index in [-0.39, 0.29) is 0 Å². The van der Waals surface area contributed by atoms with Gasteiger partial charge in [0, 0.05) is 22.3 Å². The van der Waals surface area contributed by atoms with E-state index < -0.39 is 0 Å². The van der Waals surface area contributed by atoms with Crippen LogP contribution >= 0.6 is 0 Å². The molecule has 0 amide bonds. The first kappa shape index (κ1) is 24.2. The normalized spacial score (nSPS) is 11.3. The molecule has 1 aromatic heterocycles. The van der Waals surface area contributed by atoms with E-state index in [0.717, 1.165) is 39.4 Å². The van der Waals surface area contributed by atoms with E-state index in [2.05, 4.69) is 150 Å². The van der Waals surface area contributed by atoms with E-state index >= 15 is 0 Å². The van der Waals surface area contributed by atoms with Crippen molar-refractivity contribution < 1.29 is 4.42 Å². The second-order valence-corrected chi connectivity index (χ2v) is 10.6. The van der Waals surface area contributed by atoms with E-state index in [1.807, 2.05) is 18.2 Å². The third-order valence-electron chi connectivity index (χ3n) is 8.05. The lowest BCUT2D eigenvalue weighted by atomic mass is 9.93. The molecule has 0 saturated carbocycles. The zero-order valence-electron chi connectivity index (χ0n) is 22.9. The molecule has 8 aromatic rings. The summed E-state index contributed by atoms with van der Waals surface area (Å²) in [6, 6.07) is 57.9. The second kappa shape index (κ2) is 10.1. The summed E-state index contributed by atoms with van der Waals surface area (Å²) in [6.07, 6.45) is 0. The van der Waals surface area contributed by atoms with Crippen molar-refractivity contribution in [2.45, 2.75) is 0 Å².